The van der Waals surface area contributed by atoms with Gasteiger partial charge in [0.05, 0.1) is 56.6 Å². The highest BCUT2D eigenvalue weighted by molar-refractivity contribution is 5.83. The molecule has 3 atom stereocenters. The number of rotatable bonds is 8. The van der Waals surface area contributed by atoms with Crippen molar-refractivity contribution in [1.82, 2.24) is 29.8 Å². The molecule has 4 aliphatic rings. The maximum Gasteiger partial charge on any atom is 0.147 e. The lowest BCUT2D eigenvalue weighted by Crippen LogP contribution is -2.68. The maximum atomic E-state index is 9.72. The highest BCUT2D eigenvalue weighted by Crippen LogP contribution is 2.36. The molecule has 0 amide bonds. The van der Waals surface area contributed by atoms with E-state index in [0.717, 1.165) is 37.7 Å². The molecule has 1 aromatic carbocycles. The molecule has 4 fully saturated rings. The molecule has 0 spiro atoms. The van der Waals surface area contributed by atoms with Gasteiger partial charge in [-0.05, 0) is 30.2 Å². The number of nitriles is 1. The summed E-state index contributed by atoms with van der Waals surface area (Å²) < 4.78 is 27.0. The second-order valence-corrected chi connectivity index (χ2v) is 10.6. The van der Waals surface area contributed by atoms with Gasteiger partial charge >= 0.3 is 0 Å². The molecule has 7 heterocycles. The zero-order chi connectivity index (χ0) is 28.7. The molecular formula is C30H32N8O3. The van der Waals surface area contributed by atoms with Crippen LogP contribution in [0.2, 0.25) is 0 Å². The monoisotopic (exact) mass is 553 g/mol. The molecule has 3 aromatic heterocycles. The fraction of sp³-hybridized carbons (Fsp3) is 0.400. The number of hydrogen-bond acceptors (Lipinski definition) is 10. The molecule has 11 nitrogen and oxygen atoms in total. The van der Waals surface area contributed by atoms with Crippen molar-refractivity contribution in [1.29, 1.82) is 5.26 Å². The van der Waals surface area contributed by atoms with Crippen LogP contribution in [0.4, 0.5) is 5.82 Å². The molecule has 4 aliphatic heterocycles. The van der Waals surface area contributed by atoms with E-state index < -0.39 is 6.08 Å². The number of piperidine rings is 1. The van der Waals surface area contributed by atoms with Crippen molar-refractivity contribution in [2.75, 3.05) is 51.4 Å². The van der Waals surface area contributed by atoms with Gasteiger partial charge in [-0.3, -0.25) is 9.88 Å². The quantitative estimate of drug-likeness (QED) is 0.349. The summed E-state index contributed by atoms with van der Waals surface area (Å²) in [5, 5.41) is 17.2. The SMILES string of the molecule is [2H][C@]1(COc2cc(-c3cnc(N4CC5CC(C4)N5Cc4ccc(OC)cc4)cn3)c3c(C#N)cnn3c2)CNCCO1. The number of ether oxygens (including phenoxy) is 3. The number of piperazine rings is 1. The Balaban J connectivity index is 1.07. The van der Waals surface area contributed by atoms with E-state index in [1.807, 2.05) is 18.2 Å². The summed E-state index contributed by atoms with van der Waals surface area (Å²) in [6, 6.07) is 13.3. The van der Waals surface area contributed by atoms with E-state index in [9.17, 15) is 5.26 Å². The molecule has 2 bridgehead atoms. The van der Waals surface area contributed by atoms with Crippen LogP contribution in [-0.4, -0.2) is 89.1 Å². The Morgan fingerprint density at radius 1 is 1.15 bits per heavy atom. The lowest BCUT2D eigenvalue weighted by atomic mass is 9.87. The first-order chi connectivity index (χ1) is 20.5. The molecule has 4 saturated heterocycles. The number of morpholine rings is 1. The predicted octanol–water partition coefficient (Wildman–Crippen LogP) is 2.50. The number of benzene rings is 1. The first-order valence-corrected chi connectivity index (χ1v) is 13.9. The summed E-state index contributed by atoms with van der Waals surface area (Å²) in [6.45, 7) is 4.35. The predicted molar refractivity (Wildman–Crippen MR) is 152 cm³/mol. The zero-order valence-corrected chi connectivity index (χ0v) is 22.9. The first-order valence-electron chi connectivity index (χ1n) is 14.4. The second kappa shape index (κ2) is 11.0. The van der Waals surface area contributed by atoms with Gasteiger partial charge in [0.1, 0.15) is 36.1 Å². The molecule has 2 unspecified atom stereocenters. The van der Waals surface area contributed by atoms with Crippen LogP contribution in [0.15, 0.2) is 55.1 Å². The summed E-state index contributed by atoms with van der Waals surface area (Å²) in [5.74, 6) is 2.22. The number of hydrogen-bond donors (Lipinski definition) is 1. The van der Waals surface area contributed by atoms with Gasteiger partial charge in [0.25, 0.3) is 0 Å². The summed E-state index contributed by atoms with van der Waals surface area (Å²) in [6.07, 6.45) is 6.82. The van der Waals surface area contributed by atoms with E-state index in [1.54, 1.807) is 30.2 Å². The summed E-state index contributed by atoms with van der Waals surface area (Å²) in [4.78, 5) is 14.4. The Labute approximate surface area is 239 Å². The van der Waals surface area contributed by atoms with E-state index in [-0.39, 0.29) is 6.61 Å². The maximum absolute atomic E-state index is 9.72. The number of nitrogens with zero attached hydrogens (tertiary/aromatic N) is 7. The van der Waals surface area contributed by atoms with Crippen molar-refractivity contribution in [3.05, 3.63) is 66.2 Å². The van der Waals surface area contributed by atoms with E-state index in [0.29, 0.717) is 53.3 Å². The third-order valence-corrected chi connectivity index (χ3v) is 8.12. The standard InChI is InChI=1S/C30H32N8O3/c1-39-24-4-2-20(3-5-24)15-37-22-8-23(37)17-36(16-22)29-14-33-28(13-34-29)27-9-25(41-19-26-12-32-6-7-40-26)18-38-30(27)21(10-31)11-35-38/h2-5,9,11,13-14,18,22-23,26,32H,6-8,12,15-17,19H2,1H3/t22?,23?,26-/m1/s1/i26D. The third-order valence-electron chi connectivity index (χ3n) is 8.12. The van der Waals surface area contributed by atoms with E-state index in [4.69, 9.17) is 25.5 Å². The number of nitrogens with one attached hydrogen (secondary N) is 1. The van der Waals surface area contributed by atoms with Crippen LogP contribution in [0.5, 0.6) is 11.5 Å². The second-order valence-electron chi connectivity index (χ2n) is 10.6. The zero-order valence-electron chi connectivity index (χ0n) is 23.9. The number of fused-ring (bicyclic) bond motifs is 3. The van der Waals surface area contributed by atoms with E-state index in [1.165, 1.54) is 18.2 Å². The van der Waals surface area contributed by atoms with Crippen molar-refractivity contribution in [3.8, 4) is 28.8 Å². The highest BCUT2D eigenvalue weighted by atomic mass is 16.5. The van der Waals surface area contributed by atoms with Crippen LogP contribution in [0.1, 0.15) is 18.9 Å². The van der Waals surface area contributed by atoms with Crippen LogP contribution >= 0.6 is 0 Å². The van der Waals surface area contributed by atoms with Gasteiger partial charge in [0, 0.05) is 50.4 Å². The molecule has 0 radical (unpaired) electrons. The number of aromatic nitrogens is 4. The normalized spacial score (nSPS) is 24.4. The molecule has 11 heteroatoms. The Morgan fingerprint density at radius 2 is 2.00 bits per heavy atom. The summed E-state index contributed by atoms with van der Waals surface area (Å²) in [5.41, 5.74) is 3.67. The van der Waals surface area contributed by atoms with Gasteiger partial charge in [-0.2, -0.15) is 10.4 Å². The Kier molecular flexibility index (Phi) is 6.57. The minimum absolute atomic E-state index is 0.0503. The highest BCUT2D eigenvalue weighted by Gasteiger charge is 2.44. The Morgan fingerprint density at radius 3 is 2.71 bits per heavy atom. The van der Waals surface area contributed by atoms with Gasteiger partial charge in [0.2, 0.25) is 0 Å². The van der Waals surface area contributed by atoms with Crippen molar-refractivity contribution >= 4 is 11.3 Å². The van der Waals surface area contributed by atoms with Gasteiger partial charge in [-0.25, -0.2) is 9.50 Å². The molecule has 210 valence electrons. The first kappa shape index (κ1) is 24.5. The molecular weight excluding hydrogens is 520 g/mol. The fourth-order valence-corrected chi connectivity index (χ4v) is 5.95. The number of pyridine rings is 1. The van der Waals surface area contributed by atoms with Crippen molar-refractivity contribution in [2.45, 2.75) is 31.1 Å². The van der Waals surface area contributed by atoms with Crippen LogP contribution in [0, 0.1) is 11.3 Å². The van der Waals surface area contributed by atoms with Crippen molar-refractivity contribution in [3.63, 3.8) is 0 Å². The summed E-state index contributed by atoms with van der Waals surface area (Å²) >= 11 is 0. The molecule has 8 rings (SSSR count). The van der Waals surface area contributed by atoms with E-state index >= 15 is 0 Å². The number of anilines is 1. The molecule has 4 aromatic rings. The largest absolute Gasteiger partial charge is 0.497 e. The van der Waals surface area contributed by atoms with Crippen LogP contribution in [0.3, 0.4) is 0 Å². The third kappa shape index (κ3) is 5.06. The molecule has 41 heavy (non-hydrogen) atoms. The summed E-state index contributed by atoms with van der Waals surface area (Å²) in [7, 11) is 1.69. The van der Waals surface area contributed by atoms with Gasteiger partial charge < -0.3 is 24.4 Å². The Hall–Kier alpha value is -4.24. The Bertz CT molecular complexity index is 1600. The fourth-order valence-electron chi connectivity index (χ4n) is 5.95. The van der Waals surface area contributed by atoms with Gasteiger partial charge in [0.15, 0.2) is 0 Å². The van der Waals surface area contributed by atoms with Crippen LogP contribution in [0.25, 0.3) is 16.8 Å². The molecule has 0 saturated carbocycles. The topological polar surface area (TPSA) is 113 Å². The van der Waals surface area contributed by atoms with E-state index in [2.05, 4.69) is 38.4 Å². The molecule has 0 aliphatic carbocycles. The number of methoxy groups -OCH3 is 1. The lowest BCUT2D eigenvalue weighted by molar-refractivity contribution is -0.00870. The smallest absolute Gasteiger partial charge is 0.147 e. The van der Waals surface area contributed by atoms with Crippen molar-refractivity contribution in [2.24, 2.45) is 0 Å². The lowest BCUT2D eigenvalue weighted by Gasteiger charge is -2.56. The average Bonchev–Trinajstić information content (AvgIpc) is 3.46. The van der Waals surface area contributed by atoms with Crippen molar-refractivity contribution < 1.29 is 15.6 Å². The van der Waals surface area contributed by atoms with Gasteiger partial charge in [-0.15, -0.1) is 0 Å². The van der Waals surface area contributed by atoms with Crippen LogP contribution < -0.4 is 19.7 Å². The average molecular weight is 554 g/mol. The minimum atomic E-state index is -1.17. The van der Waals surface area contributed by atoms with Gasteiger partial charge in [-0.1, -0.05) is 12.1 Å². The minimum Gasteiger partial charge on any atom is -0.497 e. The molecule has 1 N–H and O–H groups in total. The van der Waals surface area contributed by atoms with Crippen LogP contribution in [-0.2, 0) is 11.3 Å².